The van der Waals surface area contributed by atoms with E-state index in [1.54, 1.807) is 0 Å². The highest BCUT2D eigenvalue weighted by Gasteiger charge is 2.35. The predicted octanol–water partition coefficient (Wildman–Crippen LogP) is 5.45. The van der Waals surface area contributed by atoms with Crippen LogP contribution in [-0.2, 0) is 12.0 Å². The zero-order chi connectivity index (χ0) is 19.7. The van der Waals surface area contributed by atoms with Crippen LogP contribution >= 0.6 is 11.6 Å². The summed E-state index contributed by atoms with van der Waals surface area (Å²) in [5.74, 6) is 0. The number of hydrogen-bond donors (Lipinski definition) is 0. The van der Waals surface area contributed by atoms with Gasteiger partial charge in [0.2, 0.25) is 5.28 Å². The van der Waals surface area contributed by atoms with Gasteiger partial charge < -0.3 is 4.57 Å². The summed E-state index contributed by atoms with van der Waals surface area (Å²) in [6.07, 6.45) is 15.6. The lowest BCUT2D eigenvalue weighted by atomic mass is 9.88. The Morgan fingerprint density at radius 3 is 2.69 bits per heavy atom. The Balaban J connectivity index is 1.49. The van der Waals surface area contributed by atoms with Crippen molar-refractivity contribution in [2.75, 3.05) is 0 Å². The second-order valence-electron chi connectivity index (χ2n) is 8.00. The average Bonchev–Trinajstić information content (AvgIpc) is 3.49. The van der Waals surface area contributed by atoms with Crippen LogP contribution in [0.2, 0.25) is 5.28 Å². The number of aromatic nitrogens is 4. The van der Waals surface area contributed by atoms with Gasteiger partial charge in [0.25, 0.3) is 0 Å². The number of allylic oxidation sites excluding steroid dienone is 1. The molecule has 0 spiro atoms. The van der Waals surface area contributed by atoms with E-state index in [0.717, 1.165) is 36.1 Å². The Labute approximate surface area is 175 Å². The van der Waals surface area contributed by atoms with E-state index in [2.05, 4.69) is 50.9 Å². The standard InChI is InChI=1S/C23H24ClN5/c24-22-27-20(19-21(28-22)29(16-25-19)18-11-4-5-12-18)23(14-7-15-26-23)13-6-10-17-8-2-1-3-9-17/h1-3,7-9,14-16,18H,4-6,10-13H2. The molecule has 1 aliphatic heterocycles. The van der Waals surface area contributed by atoms with Gasteiger partial charge >= 0.3 is 0 Å². The summed E-state index contributed by atoms with van der Waals surface area (Å²) in [4.78, 5) is 18.7. The monoisotopic (exact) mass is 405 g/mol. The van der Waals surface area contributed by atoms with Crippen molar-refractivity contribution in [1.29, 1.82) is 0 Å². The van der Waals surface area contributed by atoms with Crippen molar-refractivity contribution in [3.05, 3.63) is 65.4 Å². The molecule has 1 atom stereocenters. The molecule has 1 aliphatic carbocycles. The van der Waals surface area contributed by atoms with Crippen LogP contribution < -0.4 is 0 Å². The van der Waals surface area contributed by atoms with Crippen LogP contribution in [0.25, 0.3) is 11.2 Å². The fourth-order valence-corrected chi connectivity index (χ4v) is 4.84. The first-order valence-corrected chi connectivity index (χ1v) is 10.8. The summed E-state index contributed by atoms with van der Waals surface area (Å²) in [5.41, 5.74) is 3.30. The lowest BCUT2D eigenvalue weighted by Gasteiger charge is -2.24. The lowest BCUT2D eigenvalue weighted by molar-refractivity contribution is 0.490. The zero-order valence-electron chi connectivity index (χ0n) is 16.3. The van der Waals surface area contributed by atoms with Gasteiger partial charge in [-0.1, -0.05) is 43.2 Å². The number of hydrogen-bond acceptors (Lipinski definition) is 4. The van der Waals surface area contributed by atoms with Crippen LogP contribution in [0.1, 0.15) is 55.8 Å². The second kappa shape index (κ2) is 7.71. The van der Waals surface area contributed by atoms with Gasteiger partial charge in [-0.15, -0.1) is 0 Å². The van der Waals surface area contributed by atoms with Gasteiger partial charge in [-0.05, 0) is 61.4 Å². The summed E-state index contributed by atoms with van der Waals surface area (Å²) in [7, 11) is 0. The number of rotatable bonds is 6. The summed E-state index contributed by atoms with van der Waals surface area (Å²) in [6.45, 7) is 0. The molecule has 0 N–H and O–H groups in total. The van der Waals surface area contributed by atoms with Crippen LogP contribution in [0.4, 0.5) is 0 Å². The molecular weight excluding hydrogens is 382 g/mol. The first-order chi connectivity index (χ1) is 14.3. The molecule has 0 saturated heterocycles. The number of aliphatic imine (C=N–C) groups is 1. The normalized spacial score (nSPS) is 21.6. The highest BCUT2D eigenvalue weighted by molar-refractivity contribution is 6.28. The molecule has 5 rings (SSSR count). The molecule has 0 bridgehead atoms. The third kappa shape index (κ3) is 3.48. The first kappa shape index (κ1) is 18.5. The SMILES string of the molecule is Clc1nc(C2(CCCc3ccccc3)C=CC=N2)c2ncn(C3CCCC3)c2n1. The van der Waals surface area contributed by atoms with Gasteiger partial charge in [0.15, 0.2) is 5.65 Å². The van der Waals surface area contributed by atoms with E-state index < -0.39 is 5.54 Å². The molecule has 3 heterocycles. The number of halogens is 1. The van der Waals surface area contributed by atoms with Gasteiger partial charge in [0.05, 0.1) is 6.33 Å². The molecular formula is C23H24ClN5. The van der Waals surface area contributed by atoms with E-state index >= 15 is 0 Å². The molecule has 29 heavy (non-hydrogen) atoms. The Morgan fingerprint density at radius 1 is 1.10 bits per heavy atom. The summed E-state index contributed by atoms with van der Waals surface area (Å²) < 4.78 is 2.19. The van der Waals surface area contributed by atoms with Gasteiger partial charge in [-0.25, -0.2) is 9.97 Å². The fraction of sp³-hybridized carbons (Fsp3) is 0.391. The van der Waals surface area contributed by atoms with Crippen molar-refractivity contribution in [2.24, 2.45) is 4.99 Å². The molecule has 1 unspecified atom stereocenters. The van der Waals surface area contributed by atoms with Crippen LogP contribution in [0.15, 0.2) is 53.8 Å². The van der Waals surface area contributed by atoms with Gasteiger partial charge in [0, 0.05) is 12.3 Å². The number of aryl methyl sites for hydroxylation is 1. The minimum absolute atomic E-state index is 0.269. The highest BCUT2D eigenvalue weighted by atomic mass is 35.5. The van der Waals surface area contributed by atoms with Crippen molar-refractivity contribution < 1.29 is 0 Å². The van der Waals surface area contributed by atoms with Crippen molar-refractivity contribution in [1.82, 2.24) is 19.5 Å². The van der Waals surface area contributed by atoms with E-state index in [1.165, 1.54) is 31.2 Å². The second-order valence-corrected chi connectivity index (χ2v) is 8.34. The molecule has 2 aromatic heterocycles. The van der Waals surface area contributed by atoms with Crippen LogP contribution in [-0.4, -0.2) is 25.7 Å². The Bertz CT molecular complexity index is 1050. The maximum absolute atomic E-state index is 6.39. The van der Waals surface area contributed by atoms with E-state index in [0.29, 0.717) is 6.04 Å². The highest BCUT2D eigenvalue weighted by Crippen LogP contribution is 2.39. The van der Waals surface area contributed by atoms with E-state index in [9.17, 15) is 0 Å². The number of imidazole rings is 1. The minimum Gasteiger partial charge on any atom is -0.312 e. The maximum Gasteiger partial charge on any atom is 0.224 e. The molecule has 0 amide bonds. The summed E-state index contributed by atoms with van der Waals surface area (Å²) in [5, 5.41) is 0.269. The average molecular weight is 406 g/mol. The van der Waals surface area contributed by atoms with Crippen molar-refractivity contribution >= 4 is 29.0 Å². The quantitative estimate of drug-likeness (QED) is 0.512. The zero-order valence-corrected chi connectivity index (χ0v) is 17.1. The van der Waals surface area contributed by atoms with Crippen molar-refractivity contribution in [2.45, 2.75) is 56.5 Å². The number of benzene rings is 1. The Morgan fingerprint density at radius 2 is 1.93 bits per heavy atom. The van der Waals surface area contributed by atoms with E-state index in [4.69, 9.17) is 21.6 Å². The number of fused-ring (bicyclic) bond motifs is 1. The fourth-order valence-electron chi connectivity index (χ4n) is 4.68. The van der Waals surface area contributed by atoms with Crippen LogP contribution in [0.5, 0.6) is 0 Å². The molecule has 3 aromatic rings. The third-order valence-corrected chi connectivity index (χ3v) is 6.32. The Hall–Kier alpha value is -2.53. The van der Waals surface area contributed by atoms with Gasteiger partial charge in [-0.2, -0.15) is 4.98 Å². The van der Waals surface area contributed by atoms with E-state index in [-0.39, 0.29) is 5.28 Å². The molecule has 2 aliphatic rings. The van der Waals surface area contributed by atoms with Gasteiger partial charge in [0.1, 0.15) is 16.7 Å². The first-order valence-electron chi connectivity index (χ1n) is 10.4. The smallest absolute Gasteiger partial charge is 0.224 e. The Kier molecular flexibility index (Phi) is 4.92. The van der Waals surface area contributed by atoms with Crippen LogP contribution in [0, 0.1) is 0 Å². The predicted molar refractivity (Wildman–Crippen MR) is 117 cm³/mol. The molecule has 6 heteroatoms. The summed E-state index contributed by atoms with van der Waals surface area (Å²) in [6, 6.07) is 11.0. The molecule has 0 radical (unpaired) electrons. The molecule has 1 saturated carbocycles. The van der Waals surface area contributed by atoms with Crippen LogP contribution in [0.3, 0.4) is 0 Å². The maximum atomic E-state index is 6.39. The largest absolute Gasteiger partial charge is 0.312 e. The van der Waals surface area contributed by atoms with Crippen molar-refractivity contribution in [3.63, 3.8) is 0 Å². The molecule has 1 aromatic carbocycles. The number of nitrogens with zero attached hydrogens (tertiary/aromatic N) is 5. The lowest BCUT2D eigenvalue weighted by Crippen LogP contribution is -2.22. The van der Waals surface area contributed by atoms with Crippen molar-refractivity contribution in [3.8, 4) is 0 Å². The summed E-state index contributed by atoms with van der Waals surface area (Å²) >= 11 is 6.39. The topological polar surface area (TPSA) is 56.0 Å². The molecule has 148 valence electrons. The third-order valence-electron chi connectivity index (χ3n) is 6.15. The molecule has 1 fully saturated rings. The molecule has 5 nitrogen and oxygen atoms in total. The van der Waals surface area contributed by atoms with Gasteiger partial charge in [-0.3, -0.25) is 4.99 Å². The van der Waals surface area contributed by atoms with E-state index in [1.807, 2.05) is 18.6 Å². The minimum atomic E-state index is -0.519.